The van der Waals surface area contributed by atoms with Crippen LogP contribution in [0.5, 0.6) is 0 Å². The second-order valence-electron chi connectivity index (χ2n) is 3.36. The van der Waals surface area contributed by atoms with Gasteiger partial charge in [0.2, 0.25) is 5.95 Å². The smallest absolute Gasteiger partial charge is 0.220 e. The molecule has 0 radical (unpaired) electrons. The molecule has 8 heteroatoms. The molecule has 0 saturated heterocycles. The van der Waals surface area contributed by atoms with Crippen molar-refractivity contribution in [2.24, 2.45) is 0 Å². The summed E-state index contributed by atoms with van der Waals surface area (Å²) in [6, 6.07) is 1.70. The number of nitrogens with two attached hydrogens (primary N) is 2. The number of rotatable bonds is 1. The van der Waals surface area contributed by atoms with Crippen LogP contribution in [0.1, 0.15) is 0 Å². The topological polar surface area (TPSA) is 132 Å². The normalized spacial score (nSPS) is 10.8. The number of H-pyrrole nitrogens is 1. The lowest BCUT2D eigenvalue weighted by atomic mass is 10.2. The minimum atomic E-state index is 0.181. The van der Waals surface area contributed by atoms with Gasteiger partial charge < -0.3 is 11.5 Å². The Balaban J connectivity index is 2.31. The van der Waals surface area contributed by atoms with Crippen molar-refractivity contribution in [1.29, 1.82) is 0 Å². The Hall–Kier alpha value is -2.77. The highest BCUT2D eigenvalue weighted by Crippen LogP contribution is 2.26. The van der Waals surface area contributed by atoms with Crippen molar-refractivity contribution in [3.63, 3.8) is 0 Å². The van der Waals surface area contributed by atoms with Crippen LogP contribution < -0.4 is 11.5 Å². The fourth-order valence-corrected chi connectivity index (χ4v) is 1.58. The number of nitrogens with one attached hydrogen (secondary N) is 1. The van der Waals surface area contributed by atoms with Crippen LogP contribution in [0.4, 0.5) is 11.8 Å². The van der Waals surface area contributed by atoms with Crippen molar-refractivity contribution >= 4 is 22.8 Å². The Kier molecular flexibility index (Phi) is 1.87. The van der Waals surface area contributed by atoms with Crippen molar-refractivity contribution in [2.45, 2.75) is 0 Å². The molecule has 0 fully saturated rings. The molecule has 3 aromatic rings. The fraction of sp³-hybridized carbons (Fsp3) is 0. The molecule has 0 atom stereocenters. The molecule has 3 heterocycles. The lowest BCUT2D eigenvalue weighted by Gasteiger charge is -1.99. The van der Waals surface area contributed by atoms with Gasteiger partial charge >= 0.3 is 0 Å². The van der Waals surface area contributed by atoms with Crippen molar-refractivity contribution in [1.82, 2.24) is 30.1 Å². The number of hydrogen-bond donors (Lipinski definition) is 3. The van der Waals surface area contributed by atoms with Gasteiger partial charge in [0.05, 0.1) is 16.8 Å². The van der Waals surface area contributed by atoms with Crippen LogP contribution in [0, 0.1) is 0 Å². The summed E-state index contributed by atoms with van der Waals surface area (Å²) in [5.74, 6) is 0.525. The largest absolute Gasteiger partial charge is 0.383 e. The SMILES string of the molecule is Nc1nccc(-c2[nH]nc3ncnc(N)c23)n1. The molecule has 8 nitrogen and oxygen atoms in total. The molecule has 5 N–H and O–H groups in total. The van der Waals surface area contributed by atoms with Crippen LogP contribution in [-0.2, 0) is 0 Å². The molecule has 3 aromatic heterocycles. The van der Waals surface area contributed by atoms with Gasteiger partial charge in [-0.2, -0.15) is 5.10 Å². The number of nitrogen functional groups attached to an aromatic ring is 2. The van der Waals surface area contributed by atoms with Gasteiger partial charge in [-0.05, 0) is 6.07 Å². The van der Waals surface area contributed by atoms with E-state index in [1.807, 2.05) is 0 Å². The number of hydrogen-bond acceptors (Lipinski definition) is 7. The molecule has 0 aromatic carbocycles. The van der Waals surface area contributed by atoms with E-state index in [1.54, 1.807) is 12.3 Å². The van der Waals surface area contributed by atoms with Gasteiger partial charge in [-0.3, -0.25) is 5.10 Å². The molecular formula is C9H8N8. The average molecular weight is 228 g/mol. The van der Waals surface area contributed by atoms with Gasteiger partial charge in [0.25, 0.3) is 0 Å². The predicted molar refractivity (Wildman–Crippen MR) is 61.5 cm³/mol. The molecule has 0 amide bonds. The second kappa shape index (κ2) is 3.37. The van der Waals surface area contributed by atoms with Crippen molar-refractivity contribution in [3.05, 3.63) is 18.6 Å². The Labute approximate surface area is 95.1 Å². The highest BCUT2D eigenvalue weighted by molar-refractivity contribution is 5.96. The summed E-state index contributed by atoms with van der Waals surface area (Å²) < 4.78 is 0. The first-order chi connectivity index (χ1) is 8.25. The van der Waals surface area contributed by atoms with E-state index in [-0.39, 0.29) is 5.95 Å². The van der Waals surface area contributed by atoms with E-state index in [0.717, 1.165) is 0 Å². The molecule has 0 aliphatic rings. The van der Waals surface area contributed by atoms with Gasteiger partial charge in [-0.25, -0.2) is 19.9 Å². The van der Waals surface area contributed by atoms with Gasteiger partial charge in [0.1, 0.15) is 12.1 Å². The fourth-order valence-electron chi connectivity index (χ4n) is 1.58. The maximum atomic E-state index is 5.79. The van der Waals surface area contributed by atoms with Gasteiger partial charge in [0, 0.05) is 6.20 Å². The lowest BCUT2D eigenvalue weighted by Crippen LogP contribution is -1.97. The minimum absolute atomic E-state index is 0.181. The minimum Gasteiger partial charge on any atom is -0.383 e. The predicted octanol–water partition coefficient (Wildman–Crippen LogP) is -0.0257. The maximum Gasteiger partial charge on any atom is 0.220 e. The summed E-state index contributed by atoms with van der Waals surface area (Å²) in [7, 11) is 0. The van der Waals surface area contributed by atoms with Crippen LogP contribution in [0.2, 0.25) is 0 Å². The van der Waals surface area contributed by atoms with E-state index >= 15 is 0 Å². The number of aromatic amines is 1. The average Bonchev–Trinajstić information content (AvgIpc) is 2.74. The Bertz CT molecular complexity index is 688. The van der Waals surface area contributed by atoms with E-state index in [4.69, 9.17) is 11.5 Å². The molecule has 0 aliphatic carbocycles. The summed E-state index contributed by atoms with van der Waals surface area (Å²) >= 11 is 0. The molecule has 0 spiro atoms. The molecule has 17 heavy (non-hydrogen) atoms. The summed E-state index contributed by atoms with van der Waals surface area (Å²) in [4.78, 5) is 15.8. The summed E-state index contributed by atoms with van der Waals surface area (Å²) in [5.41, 5.74) is 13.0. The van der Waals surface area contributed by atoms with E-state index in [1.165, 1.54) is 6.33 Å². The second-order valence-corrected chi connectivity index (χ2v) is 3.36. The van der Waals surface area contributed by atoms with E-state index in [0.29, 0.717) is 28.2 Å². The first-order valence-electron chi connectivity index (χ1n) is 4.79. The first-order valence-corrected chi connectivity index (χ1v) is 4.79. The number of aromatic nitrogens is 6. The van der Waals surface area contributed by atoms with E-state index in [9.17, 15) is 0 Å². The summed E-state index contributed by atoms with van der Waals surface area (Å²) in [5, 5.41) is 7.48. The van der Waals surface area contributed by atoms with Crippen LogP contribution in [-0.4, -0.2) is 30.1 Å². The third kappa shape index (κ3) is 1.42. The standard InChI is InChI=1S/C9H8N8/c10-7-5-6(4-1-2-12-9(11)15-4)16-17-8(5)14-3-13-7/h1-3H,(H2,11,12,15)(H3,10,13,14,16,17). The zero-order chi connectivity index (χ0) is 11.8. The zero-order valence-corrected chi connectivity index (χ0v) is 8.62. The third-order valence-electron chi connectivity index (χ3n) is 2.31. The maximum absolute atomic E-state index is 5.79. The quantitative estimate of drug-likeness (QED) is 0.532. The molecule has 3 rings (SSSR count). The van der Waals surface area contributed by atoms with Crippen molar-refractivity contribution in [3.8, 4) is 11.4 Å². The zero-order valence-electron chi connectivity index (χ0n) is 8.62. The Morgan fingerprint density at radius 1 is 1.12 bits per heavy atom. The van der Waals surface area contributed by atoms with Gasteiger partial charge in [-0.1, -0.05) is 0 Å². The molecule has 0 aliphatic heterocycles. The highest BCUT2D eigenvalue weighted by atomic mass is 15.2. The van der Waals surface area contributed by atoms with Gasteiger partial charge in [-0.15, -0.1) is 0 Å². The van der Waals surface area contributed by atoms with Crippen LogP contribution in [0.25, 0.3) is 22.4 Å². The molecule has 0 unspecified atom stereocenters. The van der Waals surface area contributed by atoms with Crippen molar-refractivity contribution < 1.29 is 0 Å². The lowest BCUT2D eigenvalue weighted by molar-refractivity contribution is 1.08. The highest BCUT2D eigenvalue weighted by Gasteiger charge is 2.13. The van der Waals surface area contributed by atoms with Crippen LogP contribution in [0.15, 0.2) is 18.6 Å². The van der Waals surface area contributed by atoms with E-state index in [2.05, 4.69) is 30.1 Å². The Morgan fingerprint density at radius 2 is 2.00 bits per heavy atom. The van der Waals surface area contributed by atoms with Crippen LogP contribution >= 0.6 is 0 Å². The summed E-state index contributed by atoms with van der Waals surface area (Å²) in [6.45, 7) is 0. The van der Waals surface area contributed by atoms with Crippen LogP contribution in [0.3, 0.4) is 0 Å². The number of anilines is 2. The van der Waals surface area contributed by atoms with Crippen molar-refractivity contribution in [2.75, 3.05) is 11.5 Å². The molecule has 84 valence electrons. The molecular weight excluding hydrogens is 220 g/mol. The number of nitrogens with zero attached hydrogens (tertiary/aromatic N) is 5. The van der Waals surface area contributed by atoms with E-state index < -0.39 is 0 Å². The van der Waals surface area contributed by atoms with Gasteiger partial charge in [0.15, 0.2) is 5.65 Å². The third-order valence-corrected chi connectivity index (χ3v) is 2.31. The first kappa shape index (κ1) is 9.46. The Morgan fingerprint density at radius 3 is 2.82 bits per heavy atom. The monoisotopic (exact) mass is 228 g/mol. The molecule has 0 saturated carbocycles. The molecule has 0 bridgehead atoms. The summed E-state index contributed by atoms with van der Waals surface area (Å²) in [6.07, 6.45) is 2.92. The number of fused-ring (bicyclic) bond motifs is 1.